The maximum absolute atomic E-state index is 6.07. The maximum atomic E-state index is 6.07. The van der Waals surface area contributed by atoms with E-state index in [0.29, 0.717) is 12.3 Å². The molecule has 4 nitrogen and oxygen atoms in total. The number of anilines is 1. The van der Waals surface area contributed by atoms with Crippen LogP contribution in [0.4, 0.5) is 5.69 Å². The van der Waals surface area contributed by atoms with Gasteiger partial charge in [-0.3, -0.25) is 0 Å². The highest BCUT2D eigenvalue weighted by molar-refractivity contribution is 7.11. The Labute approximate surface area is 130 Å². The second-order valence-electron chi connectivity index (χ2n) is 5.45. The van der Waals surface area contributed by atoms with Gasteiger partial charge in [-0.25, -0.2) is 4.98 Å². The molecule has 0 unspecified atom stereocenters. The average Bonchev–Trinajstić information content (AvgIpc) is 2.70. The SMILES string of the molecule is Cc1nc(Cc2ccc(OCCN(C)C)c(N)c2)sc1C. The number of hydrogen-bond donors (Lipinski definition) is 1. The van der Waals surface area contributed by atoms with Crippen molar-refractivity contribution in [3.63, 3.8) is 0 Å². The molecule has 1 aromatic heterocycles. The fourth-order valence-electron chi connectivity index (χ4n) is 1.97. The Hall–Kier alpha value is -1.59. The summed E-state index contributed by atoms with van der Waals surface area (Å²) in [4.78, 5) is 7.93. The van der Waals surface area contributed by atoms with Crippen molar-refractivity contribution in [1.82, 2.24) is 9.88 Å². The van der Waals surface area contributed by atoms with E-state index in [1.54, 1.807) is 11.3 Å². The molecule has 0 bridgehead atoms. The number of thiazole rings is 1. The van der Waals surface area contributed by atoms with E-state index in [1.807, 2.05) is 33.2 Å². The van der Waals surface area contributed by atoms with E-state index >= 15 is 0 Å². The minimum absolute atomic E-state index is 0.640. The molecule has 0 saturated carbocycles. The molecule has 0 radical (unpaired) electrons. The van der Waals surface area contributed by atoms with Crippen LogP contribution in [0.5, 0.6) is 5.75 Å². The van der Waals surface area contributed by atoms with Gasteiger partial charge < -0.3 is 15.4 Å². The number of hydrogen-bond acceptors (Lipinski definition) is 5. The van der Waals surface area contributed by atoms with Gasteiger partial charge in [0.15, 0.2) is 0 Å². The van der Waals surface area contributed by atoms with Crippen LogP contribution in [-0.4, -0.2) is 37.1 Å². The van der Waals surface area contributed by atoms with Gasteiger partial charge in [-0.1, -0.05) is 6.07 Å². The van der Waals surface area contributed by atoms with E-state index in [-0.39, 0.29) is 0 Å². The highest BCUT2D eigenvalue weighted by Gasteiger charge is 2.07. The summed E-state index contributed by atoms with van der Waals surface area (Å²) in [5, 5.41) is 1.13. The lowest BCUT2D eigenvalue weighted by atomic mass is 10.1. The molecule has 0 atom stereocenters. The Bertz CT molecular complexity index is 588. The normalized spacial score (nSPS) is 11.1. The summed E-state index contributed by atoms with van der Waals surface area (Å²) in [5.74, 6) is 0.757. The van der Waals surface area contributed by atoms with E-state index in [4.69, 9.17) is 10.5 Å². The first-order chi connectivity index (χ1) is 9.95. The number of rotatable bonds is 6. The Morgan fingerprint density at radius 3 is 2.62 bits per heavy atom. The lowest BCUT2D eigenvalue weighted by molar-refractivity contribution is 0.262. The molecule has 2 N–H and O–H groups in total. The van der Waals surface area contributed by atoms with Crippen molar-refractivity contribution in [2.75, 3.05) is 33.0 Å². The highest BCUT2D eigenvalue weighted by Crippen LogP contribution is 2.25. The molecule has 2 rings (SSSR count). The fraction of sp³-hybridized carbons (Fsp3) is 0.438. The first-order valence-electron chi connectivity index (χ1n) is 7.04. The summed E-state index contributed by atoms with van der Waals surface area (Å²) in [5.41, 5.74) is 9.05. The number of aryl methyl sites for hydroxylation is 2. The van der Waals surface area contributed by atoms with E-state index in [9.17, 15) is 0 Å². The van der Waals surface area contributed by atoms with Gasteiger partial charge in [0.25, 0.3) is 0 Å². The van der Waals surface area contributed by atoms with Gasteiger partial charge in [-0.2, -0.15) is 0 Å². The lowest BCUT2D eigenvalue weighted by Gasteiger charge is -2.13. The number of ether oxygens (including phenoxy) is 1. The van der Waals surface area contributed by atoms with Crippen LogP contribution in [0.2, 0.25) is 0 Å². The van der Waals surface area contributed by atoms with E-state index in [0.717, 1.165) is 29.4 Å². The smallest absolute Gasteiger partial charge is 0.142 e. The number of nitrogens with zero attached hydrogens (tertiary/aromatic N) is 2. The van der Waals surface area contributed by atoms with Gasteiger partial charge in [-0.15, -0.1) is 11.3 Å². The zero-order valence-corrected chi connectivity index (χ0v) is 14.0. The maximum Gasteiger partial charge on any atom is 0.142 e. The molecule has 1 aromatic carbocycles. The third kappa shape index (κ3) is 4.44. The quantitative estimate of drug-likeness (QED) is 0.834. The molecule has 5 heteroatoms. The number of nitrogen functional groups attached to an aromatic ring is 1. The van der Waals surface area contributed by atoms with E-state index in [1.165, 1.54) is 10.4 Å². The third-order valence-corrected chi connectivity index (χ3v) is 4.37. The van der Waals surface area contributed by atoms with Crippen LogP contribution in [0.3, 0.4) is 0 Å². The molecule has 0 amide bonds. The predicted molar refractivity (Wildman–Crippen MR) is 89.3 cm³/mol. The number of nitrogens with two attached hydrogens (primary N) is 1. The Morgan fingerprint density at radius 1 is 1.29 bits per heavy atom. The Kier molecular flexibility index (Phi) is 5.20. The predicted octanol–water partition coefficient (Wildman–Crippen LogP) is 2.87. The third-order valence-electron chi connectivity index (χ3n) is 3.30. The number of benzene rings is 1. The Balaban J connectivity index is 2.01. The average molecular weight is 305 g/mol. The zero-order chi connectivity index (χ0) is 15.4. The van der Waals surface area contributed by atoms with E-state index < -0.39 is 0 Å². The van der Waals surface area contributed by atoms with Crippen LogP contribution in [0.15, 0.2) is 18.2 Å². The Morgan fingerprint density at radius 2 is 2.05 bits per heavy atom. The van der Waals surface area contributed by atoms with E-state index in [2.05, 4.69) is 22.9 Å². The van der Waals surface area contributed by atoms with Crippen molar-refractivity contribution in [2.45, 2.75) is 20.3 Å². The molecule has 0 aliphatic carbocycles. The van der Waals surface area contributed by atoms with Crippen molar-refractivity contribution in [1.29, 1.82) is 0 Å². The molecule has 114 valence electrons. The topological polar surface area (TPSA) is 51.4 Å². The molecular formula is C16H23N3OS. The summed E-state index contributed by atoms with van der Waals surface area (Å²) < 4.78 is 5.70. The first-order valence-corrected chi connectivity index (χ1v) is 7.86. The first kappa shape index (κ1) is 15.8. The molecule has 0 fully saturated rings. The minimum Gasteiger partial charge on any atom is -0.490 e. The van der Waals surface area contributed by atoms with Crippen LogP contribution in [0, 0.1) is 13.8 Å². The summed E-state index contributed by atoms with van der Waals surface area (Å²) >= 11 is 1.75. The van der Waals surface area contributed by atoms with Gasteiger partial charge in [0, 0.05) is 17.8 Å². The van der Waals surface area contributed by atoms with Crippen LogP contribution in [0.1, 0.15) is 21.1 Å². The van der Waals surface area contributed by atoms with Crippen molar-refractivity contribution < 1.29 is 4.74 Å². The fourth-order valence-corrected chi connectivity index (χ4v) is 2.94. The van der Waals surface area contributed by atoms with Gasteiger partial charge in [0.2, 0.25) is 0 Å². The zero-order valence-electron chi connectivity index (χ0n) is 13.1. The van der Waals surface area contributed by atoms with Gasteiger partial charge in [0.05, 0.1) is 16.4 Å². The summed E-state index contributed by atoms with van der Waals surface area (Å²) in [6.07, 6.45) is 0.821. The van der Waals surface area contributed by atoms with Gasteiger partial charge >= 0.3 is 0 Å². The lowest BCUT2D eigenvalue weighted by Crippen LogP contribution is -2.19. The molecule has 2 aromatic rings. The standard InChI is InChI=1S/C16H23N3OS/c1-11-12(2)21-16(18-11)10-13-5-6-15(14(17)9-13)20-8-7-19(3)4/h5-6,9H,7-8,10,17H2,1-4H3. The minimum atomic E-state index is 0.640. The molecule has 1 heterocycles. The molecule has 0 aliphatic heterocycles. The monoisotopic (exact) mass is 305 g/mol. The molecular weight excluding hydrogens is 282 g/mol. The number of likely N-dealkylation sites (N-methyl/N-ethyl adjacent to an activating group) is 1. The summed E-state index contributed by atoms with van der Waals surface area (Å²) in [6.45, 7) is 5.66. The second kappa shape index (κ2) is 6.91. The molecule has 0 aliphatic rings. The van der Waals surface area contributed by atoms with Crippen molar-refractivity contribution in [2.24, 2.45) is 0 Å². The highest BCUT2D eigenvalue weighted by atomic mass is 32.1. The van der Waals surface area contributed by atoms with Gasteiger partial charge in [-0.05, 0) is 45.6 Å². The molecule has 0 saturated heterocycles. The van der Waals surface area contributed by atoms with Crippen molar-refractivity contribution in [3.8, 4) is 5.75 Å². The summed E-state index contributed by atoms with van der Waals surface area (Å²) in [6, 6.07) is 6.00. The van der Waals surface area contributed by atoms with Crippen LogP contribution in [0.25, 0.3) is 0 Å². The largest absolute Gasteiger partial charge is 0.490 e. The van der Waals surface area contributed by atoms with Crippen LogP contribution < -0.4 is 10.5 Å². The second-order valence-corrected chi connectivity index (χ2v) is 6.74. The van der Waals surface area contributed by atoms with Crippen molar-refractivity contribution >= 4 is 17.0 Å². The van der Waals surface area contributed by atoms with Gasteiger partial charge in [0.1, 0.15) is 12.4 Å². The van der Waals surface area contributed by atoms with Crippen molar-refractivity contribution in [3.05, 3.63) is 39.3 Å². The molecule has 0 spiro atoms. The number of aromatic nitrogens is 1. The van der Waals surface area contributed by atoms with Crippen LogP contribution in [-0.2, 0) is 6.42 Å². The summed E-state index contributed by atoms with van der Waals surface area (Å²) in [7, 11) is 4.04. The van der Waals surface area contributed by atoms with Crippen LogP contribution >= 0.6 is 11.3 Å². The molecule has 21 heavy (non-hydrogen) atoms.